The molecule has 0 aromatic heterocycles. The second-order valence-electron chi connectivity index (χ2n) is 4.10. The maximum absolute atomic E-state index is 12.0. The molecule has 0 radical (unpaired) electrons. The molecule has 0 amide bonds. The first-order valence-corrected chi connectivity index (χ1v) is 5.57. The molecule has 2 nitrogen and oxygen atoms in total. The minimum atomic E-state index is -4.14. The van der Waals surface area contributed by atoms with E-state index >= 15 is 0 Å². The zero-order chi connectivity index (χ0) is 13.8. The smallest absolute Gasteiger partial charge is 0.389 e. The Kier molecular flexibility index (Phi) is 4.76. The Morgan fingerprint density at radius 2 is 1.83 bits per heavy atom. The molecule has 0 saturated carbocycles. The molecule has 0 fully saturated rings. The summed E-state index contributed by atoms with van der Waals surface area (Å²) in [5.41, 5.74) is 1.34. The number of halogens is 3. The fourth-order valence-corrected chi connectivity index (χ4v) is 1.57. The van der Waals surface area contributed by atoms with E-state index in [0.29, 0.717) is 5.56 Å². The number of ether oxygens (including phenoxy) is 1. The Hall–Kier alpha value is -1.52. The van der Waals surface area contributed by atoms with Gasteiger partial charge in [0.25, 0.3) is 0 Å². The van der Waals surface area contributed by atoms with E-state index in [1.54, 1.807) is 31.2 Å². The molecule has 0 spiro atoms. The Morgan fingerprint density at radius 1 is 1.28 bits per heavy atom. The van der Waals surface area contributed by atoms with Gasteiger partial charge in [0.05, 0.1) is 13.0 Å². The summed E-state index contributed by atoms with van der Waals surface area (Å²) in [5.74, 6) is -0.773. The van der Waals surface area contributed by atoms with Crippen LogP contribution in [0.1, 0.15) is 30.4 Å². The zero-order valence-corrected chi connectivity index (χ0v) is 10.3. The van der Waals surface area contributed by atoms with Crippen molar-refractivity contribution < 1.29 is 22.7 Å². The average Bonchev–Trinajstić information content (AvgIpc) is 2.34. The fraction of sp³-hybridized carbons (Fsp3) is 0.462. The number of rotatable bonds is 4. The van der Waals surface area contributed by atoms with Gasteiger partial charge in [-0.1, -0.05) is 24.3 Å². The van der Waals surface area contributed by atoms with E-state index in [-0.39, 0.29) is 12.4 Å². The highest BCUT2D eigenvalue weighted by atomic mass is 19.4. The van der Waals surface area contributed by atoms with Crippen LogP contribution in [0.3, 0.4) is 0 Å². The third kappa shape index (κ3) is 4.39. The molecular formula is C13H15F3O2. The van der Waals surface area contributed by atoms with E-state index in [4.69, 9.17) is 0 Å². The normalized spacial score (nSPS) is 13.2. The number of carbonyl (C=O) groups is 1. The van der Waals surface area contributed by atoms with Crippen LogP contribution in [-0.2, 0) is 16.0 Å². The van der Waals surface area contributed by atoms with E-state index in [0.717, 1.165) is 5.56 Å². The highest BCUT2D eigenvalue weighted by Gasteiger charge is 2.26. The molecule has 0 heterocycles. The van der Waals surface area contributed by atoms with E-state index < -0.39 is 18.5 Å². The van der Waals surface area contributed by atoms with Crippen molar-refractivity contribution in [3.63, 3.8) is 0 Å². The molecule has 100 valence electrons. The van der Waals surface area contributed by atoms with Crippen molar-refractivity contribution in [1.29, 1.82) is 0 Å². The molecule has 1 atom stereocenters. The van der Waals surface area contributed by atoms with Crippen LogP contribution in [0.25, 0.3) is 0 Å². The van der Waals surface area contributed by atoms with Gasteiger partial charge in [0.15, 0.2) is 0 Å². The standard InChI is InChI=1S/C13H15F3O2/c1-9(12(17)18-2)11-5-3-10(4-6-11)7-8-13(14,15)16/h3-6,9H,7-8H2,1-2H3. The summed E-state index contributed by atoms with van der Waals surface area (Å²) in [6, 6.07) is 6.54. The first-order valence-electron chi connectivity index (χ1n) is 5.57. The number of methoxy groups -OCH3 is 1. The highest BCUT2D eigenvalue weighted by Crippen LogP contribution is 2.23. The quantitative estimate of drug-likeness (QED) is 0.775. The van der Waals surface area contributed by atoms with Crippen molar-refractivity contribution in [3.05, 3.63) is 35.4 Å². The number of alkyl halides is 3. The topological polar surface area (TPSA) is 26.3 Å². The SMILES string of the molecule is COC(=O)C(C)c1ccc(CCC(F)(F)F)cc1. The summed E-state index contributed by atoms with van der Waals surface area (Å²) in [7, 11) is 1.30. The van der Waals surface area contributed by atoms with Gasteiger partial charge in [-0.3, -0.25) is 4.79 Å². The Balaban J connectivity index is 2.65. The second-order valence-corrected chi connectivity index (χ2v) is 4.10. The van der Waals surface area contributed by atoms with Gasteiger partial charge < -0.3 is 4.74 Å². The van der Waals surface area contributed by atoms with Crippen LogP contribution in [-0.4, -0.2) is 19.3 Å². The minimum Gasteiger partial charge on any atom is -0.469 e. The van der Waals surface area contributed by atoms with E-state index in [1.165, 1.54) is 7.11 Å². The number of hydrogen-bond donors (Lipinski definition) is 0. The van der Waals surface area contributed by atoms with Crippen LogP contribution in [0.5, 0.6) is 0 Å². The minimum absolute atomic E-state index is 0.0453. The molecule has 1 aromatic rings. The average molecular weight is 260 g/mol. The lowest BCUT2D eigenvalue weighted by Gasteiger charge is -2.10. The summed E-state index contributed by atoms with van der Waals surface area (Å²) < 4.78 is 40.7. The third-order valence-electron chi connectivity index (χ3n) is 2.73. The van der Waals surface area contributed by atoms with Gasteiger partial charge in [0, 0.05) is 6.42 Å². The molecule has 1 aromatic carbocycles. The lowest BCUT2D eigenvalue weighted by Crippen LogP contribution is -2.11. The van der Waals surface area contributed by atoms with Crippen molar-refractivity contribution in [2.75, 3.05) is 7.11 Å². The molecule has 0 aliphatic rings. The number of carbonyl (C=O) groups excluding carboxylic acids is 1. The van der Waals surface area contributed by atoms with Crippen molar-refractivity contribution in [2.24, 2.45) is 0 Å². The molecule has 0 aliphatic carbocycles. The van der Waals surface area contributed by atoms with Gasteiger partial charge in [0.2, 0.25) is 0 Å². The molecule has 5 heteroatoms. The van der Waals surface area contributed by atoms with Gasteiger partial charge in [-0.15, -0.1) is 0 Å². The first-order chi connectivity index (χ1) is 8.33. The predicted molar refractivity (Wildman–Crippen MR) is 61.2 cm³/mol. The maximum Gasteiger partial charge on any atom is 0.389 e. The van der Waals surface area contributed by atoms with Crippen molar-refractivity contribution in [3.8, 4) is 0 Å². The van der Waals surface area contributed by atoms with E-state index in [2.05, 4.69) is 4.74 Å². The molecule has 0 saturated heterocycles. The molecule has 1 unspecified atom stereocenters. The van der Waals surface area contributed by atoms with Crippen molar-refractivity contribution >= 4 is 5.97 Å². The summed E-state index contributed by atoms with van der Waals surface area (Å²) in [6.07, 6.45) is -5.02. The number of aryl methyl sites for hydroxylation is 1. The fourth-order valence-electron chi connectivity index (χ4n) is 1.57. The highest BCUT2D eigenvalue weighted by molar-refractivity contribution is 5.77. The molecule has 0 aliphatic heterocycles. The van der Waals surface area contributed by atoms with Crippen LogP contribution >= 0.6 is 0 Å². The molecule has 0 N–H and O–H groups in total. The van der Waals surface area contributed by atoms with E-state index in [9.17, 15) is 18.0 Å². The summed E-state index contributed by atoms with van der Waals surface area (Å²) in [4.78, 5) is 11.3. The summed E-state index contributed by atoms with van der Waals surface area (Å²) in [5, 5.41) is 0. The van der Waals surface area contributed by atoms with Gasteiger partial charge in [-0.05, 0) is 24.5 Å². The lowest BCUT2D eigenvalue weighted by atomic mass is 9.99. The number of esters is 1. The van der Waals surface area contributed by atoms with Crippen molar-refractivity contribution in [1.82, 2.24) is 0 Å². The van der Waals surface area contributed by atoms with Gasteiger partial charge >= 0.3 is 12.1 Å². The Bertz CT molecular complexity index is 396. The first kappa shape index (κ1) is 14.5. The van der Waals surface area contributed by atoms with E-state index in [1.807, 2.05) is 0 Å². The van der Waals surface area contributed by atoms with Crippen LogP contribution < -0.4 is 0 Å². The van der Waals surface area contributed by atoms with Gasteiger partial charge in [0.1, 0.15) is 0 Å². The predicted octanol–water partition coefficient (Wildman–Crippen LogP) is 3.46. The number of hydrogen-bond acceptors (Lipinski definition) is 2. The van der Waals surface area contributed by atoms with Crippen LogP contribution in [0.2, 0.25) is 0 Å². The van der Waals surface area contributed by atoms with Crippen molar-refractivity contribution in [2.45, 2.75) is 31.9 Å². The Morgan fingerprint density at radius 3 is 2.28 bits per heavy atom. The summed E-state index contributed by atoms with van der Waals surface area (Å²) in [6.45, 7) is 1.69. The largest absolute Gasteiger partial charge is 0.469 e. The monoisotopic (exact) mass is 260 g/mol. The molecule has 18 heavy (non-hydrogen) atoms. The third-order valence-corrected chi connectivity index (χ3v) is 2.73. The van der Waals surface area contributed by atoms with Gasteiger partial charge in [-0.2, -0.15) is 13.2 Å². The maximum atomic E-state index is 12.0. The van der Waals surface area contributed by atoms with Crippen LogP contribution in [0.15, 0.2) is 24.3 Å². The molecule has 1 rings (SSSR count). The zero-order valence-electron chi connectivity index (χ0n) is 10.3. The number of benzene rings is 1. The Labute approximate surface area is 104 Å². The van der Waals surface area contributed by atoms with Gasteiger partial charge in [-0.25, -0.2) is 0 Å². The van der Waals surface area contributed by atoms with Crippen LogP contribution in [0.4, 0.5) is 13.2 Å². The molecular weight excluding hydrogens is 245 g/mol. The lowest BCUT2D eigenvalue weighted by molar-refractivity contribution is -0.142. The summed E-state index contributed by atoms with van der Waals surface area (Å²) >= 11 is 0. The second kappa shape index (κ2) is 5.89. The molecule has 0 bridgehead atoms. The van der Waals surface area contributed by atoms with Crippen LogP contribution in [0, 0.1) is 0 Å².